The Bertz CT molecular complexity index is 841. The molecule has 0 spiro atoms. The number of imide groups is 1. The van der Waals surface area contributed by atoms with E-state index >= 15 is 0 Å². The van der Waals surface area contributed by atoms with Gasteiger partial charge in [0.05, 0.1) is 18.0 Å². The molecule has 2 N–H and O–H groups in total. The number of benzene rings is 1. The Morgan fingerprint density at radius 3 is 2.14 bits per heavy atom. The fourth-order valence-corrected chi connectivity index (χ4v) is 4.46. The van der Waals surface area contributed by atoms with Gasteiger partial charge in [-0.1, -0.05) is 26.7 Å². The number of β-amino-alcohol motifs (C(OH)–C–C–N with tert-alkyl or cyclic N) is 1. The number of carbonyl (C=O) groups excluding carboxylic acids is 2. The van der Waals surface area contributed by atoms with Gasteiger partial charge in [0.15, 0.2) is 0 Å². The van der Waals surface area contributed by atoms with Gasteiger partial charge in [-0.25, -0.2) is 8.42 Å². The third kappa shape index (κ3) is 5.65. The van der Waals surface area contributed by atoms with Gasteiger partial charge in [-0.05, 0) is 37.1 Å². The van der Waals surface area contributed by atoms with Crippen LogP contribution in [0.3, 0.4) is 0 Å². The fourth-order valence-electron chi connectivity index (χ4n) is 2.95. The second-order valence-corrected chi connectivity index (χ2v) is 8.78. The number of unbranched alkanes of at least 4 members (excludes halogenated alkanes) is 2. The zero-order valence-electron chi connectivity index (χ0n) is 16.9. The molecule has 2 rings (SSSR count). The van der Waals surface area contributed by atoms with Crippen molar-refractivity contribution in [3.63, 3.8) is 0 Å². The van der Waals surface area contributed by atoms with Crippen LogP contribution in [0.5, 0.6) is 0 Å². The van der Waals surface area contributed by atoms with Gasteiger partial charge in [-0.15, -0.1) is 0 Å². The number of aliphatic hydroxyl groups excluding tert-OH is 1. The Labute approximate surface area is 172 Å². The lowest BCUT2D eigenvalue weighted by Gasteiger charge is -2.22. The minimum atomic E-state index is -3.59. The van der Waals surface area contributed by atoms with E-state index in [4.69, 9.17) is 5.11 Å². The summed E-state index contributed by atoms with van der Waals surface area (Å²) in [7, 11) is -3.59. The maximum atomic E-state index is 13.0. The number of amides is 2. The highest BCUT2D eigenvalue weighted by Gasteiger charge is 2.30. The summed E-state index contributed by atoms with van der Waals surface area (Å²) < 4.78 is 27.5. The van der Waals surface area contributed by atoms with Crippen molar-refractivity contribution in [3.8, 4) is 0 Å². The van der Waals surface area contributed by atoms with Crippen molar-refractivity contribution < 1.29 is 23.1 Å². The van der Waals surface area contributed by atoms with Gasteiger partial charge < -0.3 is 10.4 Å². The topological polar surface area (TPSA) is 107 Å². The number of carbonyl (C=O) groups is 2. The van der Waals surface area contributed by atoms with Crippen LogP contribution in [0.4, 0.5) is 5.69 Å². The molecule has 1 aliphatic heterocycles. The first kappa shape index (κ1) is 23.1. The molecule has 2 amide bonds. The zero-order chi connectivity index (χ0) is 21.4. The molecule has 0 radical (unpaired) electrons. The maximum absolute atomic E-state index is 13.0. The molecule has 9 heteroatoms. The van der Waals surface area contributed by atoms with Crippen molar-refractivity contribution >= 4 is 27.5 Å². The van der Waals surface area contributed by atoms with E-state index in [1.165, 1.54) is 22.5 Å². The molecule has 1 aromatic rings. The number of hydrogen-bond acceptors (Lipinski definition) is 6. The largest absolute Gasteiger partial charge is 0.395 e. The average molecular weight is 424 g/mol. The first-order valence-electron chi connectivity index (χ1n) is 9.90. The molecule has 0 fully saturated rings. The van der Waals surface area contributed by atoms with Crippen LogP contribution in [0.1, 0.15) is 39.5 Å². The van der Waals surface area contributed by atoms with E-state index in [0.717, 1.165) is 30.6 Å². The normalized spacial score (nSPS) is 14.6. The summed E-state index contributed by atoms with van der Waals surface area (Å²) in [4.78, 5) is 25.1. The molecule has 0 atom stereocenters. The third-order valence-corrected chi connectivity index (χ3v) is 6.54. The first-order valence-corrected chi connectivity index (χ1v) is 11.3. The van der Waals surface area contributed by atoms with Crippen molar-refractivity contribution in [2.75, 3.05) is 31.6 Å². The number of sulfonamides is 1. The highest BCUT2D eigenvalue weighted by Crippen LogP contribution is 2.22. The smallest absolute Gasteiger partial charge is 0.277 e. The van der Waals surface area contributed by atoms with Crippen molar-refractivity contribution in [1.82, 2.24) is 9.21 Å². The fraction of sp³-hybridized carbons (Fsp3) is 0.500. The number of nitrogens with zero attached hydrogens (tertiary/aromatic N) is 2. The predicted molar refractivity (Wildman–Crippen MR) is 111 cm³/mol. The van der Waals surface area contributed by atoms with Gasteiger partial charge in [0.25, 0.3) is 11.8 Å². The van der Waals surface area contributed by atoms with Crippen LogP contribution in [0, 0.1) is 0 Å². The highest BCUT2D eigenvalue weighted by molar-refractivity contribution is 7.89. The van der Waals surface area contributed by atoms with Gasteiger partial charge in [0, 0.05) is 24.9 Å². The second kappa shape index (κ2) is 10.5. The molecule has 0 unspecified atom stereocenters. The highest BCUT2D eigenvalue weighted by atomic mass is 32.2. The van der Waals surface area contributed by atoms with Gasteiger partial charge in [-0.2, -0.15) is 4.31 Å². The van der Waals surface area contributed by atoms with Gasteiger partial charge in [0.1, 0.15) is 5.70 Å². The van der Waals surface area contributed by atoms with Gasteiger partial charge in [0.2, 0.25) is 10.0 Å². The molecule has 8 nitrogen and oxygen atoms in total. The standard InChI is InChI=1S/C20H29N3O5S/c1-3-5-11-22(12-6-4-2)29(27,28)17-9-7-16(8-10-17)21-18-15-19(25)23(13-14-24)20(18)26/h7-10,15,21,24H,3-6,11-14H2,1-2H3. The molecule has 0 aliphatic carbocycles. The minimum Gasteiger partial charge on any atom is -0.395 e. The van der Waals surface area contributed by atoms with E-state index in [0.29, 0.717) is 18.8 Å². The summed E-state index contributed by atoms with van der Waals surface area (Å²) in [5.41, 5.74) is 0.586. The van der Waals surface area contributed by atoms with E-state index in [1.54, 1.807) is 12.1 Å². The monoisotopic (exact) mass is 423 g/mol. The molecule has 1 aromatic carbocycles. The first-order chi connectivity index (χ1) is 13.8. The quantitative estimate of drug-likeness (QED) is 0.498. The van der Waals surface area contributed by atoms with Crippen molar-refractivity contribution in [3.05, 3.63) is 36.0 Å². The van der Waals surface area contributed by atoms with Crippen LogP contribution in [0.15, 0.2) is 40.9 Å². The van der Waals surface area contributed by atoms with Crippen LogP contribution in [-0.4, -0.2) is 60.8 Å². The summed E-state index contributed by atoms with van der Waals surface area (Å²) in [5.74, 6) is -1.01. The predicted octanol–water partition coefficient (Wildman–Crippen LogP) is 1.93. The van der Waals surface area contributed by atoms with Crippen LogP contribution in [0.25, 0.3) is 0 Å². The lowest BCUT2D eigenvalue weighted by atomic mass is 10.3. The SMILES string of the molecule is CCCCN(CCCC)S(=O)(=O)c1ccc(NC2=CC(=O)N(CCO)C2=O)cc1. The Morgan fingerprint density at radius 1 is 1.03 bits per heavy atom. The second-order valence-electron chi connectivity index (χ2n) is 6.84. The number of hydrogen-bond donors (Lipinski definition) is 2. The number of nitrogens with one attached hydrogen (secondary N) is 1. The summed E-state index contributed by atoms with van der Waals surface area (Å²) in [6, 6.07) is 6.13. The van der Waals surface area contributed by atoms with Crippen molar-refractivity contribution in [2.24, 2.45) is 0 Å². The molecule has 0 aromatic heterocycles. The third-order valence-electron chi connectivity index (χ3n) is 4.63. The van der Waals surface area contributed by atoms with Crippen LogP contribution in [-0.2, 0) is 19.6 Å². The molecule has 160 valence electrons. The van der Waals surface area contributed by atoms with E-state index < -0.39 is 21.8 Å². The van der Waals surface area contributed by atoms with E-state index in [-0.39, 0.29) is 23.7 Å². The number of rotatable bonds is 12. The molecule has 1 aliphatic rings. The molecule has 1 heterocycles. The maximum Gasteiger partial charge on any atom is 0.277 e. The zero-order valence-corrected chi connectivity index (χ0v) is 17.7. The van der Waals surface area contributed by atoms with E-state index in [1.807, 2.05) is 13.8 Å². The summed E-state index contributed by atoms with van der Waals surface area (Å²) in [5, 5.41) is 11.8. The Kier molecular flexibility index (Phi) is 8.36. The number of anilines is 1. The molecule has 29 heavy (non-hydrogen) atoms. The van der Waals surface area contributed by atoms with E-state index in [9.17, 15) is 18.0 Å². The Morgan fingerprint density at radius 2 is 1.62 bits per heavy atom. The summed E-state index contributed by atoms with van der Waals surface area (Å²) in [6.07, 6.45) is 4.60. The lowest BCUT2D eigenvalue weighted by Crippen LogP contribution is -2.34. The Hall–Kier alpha value is -2.23. The van der Waals surface area contributed by atoms with Crippen molar-refractivity contribution in [1.29, 1.82) is 0 Å². The molecule has 0 bridgehead atoms. The van der Waals surface area contributed by atoms with Gasteiger partial charge >= 0.3 is 0 Å². The average Bonchev–Trinajstić information content (AvgIpc) is 2.96. The molecular formula is C20H29N3O5S. The van der Waals surface area contributed by atoms with E-state index in [2.05, 4.69) is 5.32 Å². The molecule has 0 saturated heterocycles. The van der Waals surface area contributed by atoms with Crippen molar-refractivity contribution in [2.45, 2.75) is 44.4 Å². The lowest BCUT2D eigenvalue weighted by molar-refractivity contribution is -0.137. The Balaban J connectivity index is 2.13. The summed E-state index contributed by atoms with van der Waals surface area (Å²) in [6.45, 7) is 4.65. The van der Waals surface area contributed by atoms with Gasteiger partial charge in [-0.3, -0.25) is 14.5 Å². The van der Waals surface area contributed by atoms with Crippen LogP contribution < -0.4 is 5.32 Å². The van der Waals surface area contributed by atoms with Crippen LogP contribution in [0.2, 0.25) is 0 Å². The van der Waals surface area contributed by atoms with Crippen LogP contribution >= 0.6 is 0 Å². The molecular weight excluding hydrogens is 394 g/mol. The number of aliphatic hydroxyl groups is 1. The summed E-state index contributed by atoms with van der Waals surface area (Å²) >= 11 is 0. The minimum absolute atomic E-state index is 0.0676. The molecule has 0 saturated carbocycles.